The van der Waals surface area contributed by atoms with Gasteiger partial charge < -0.3 is 29.3 Å². The lowest BCUT2D eigenvalue weighted by atomic mass is 9.56. The van der Waals surface area contributed by atoms with Crippen molar-refractivity contribution in [3.63, 3.8) is 0 Å². The van der Waals surface area contributed by atoms with Crippen molar-refractivity contribution in [3.05, 3.63) is 103 Å². The van der Waals surface area contributed by atoms with Gasteiger partial charge in [-0.2, -0.15) is 0 Å². The minimum Gasteiger partial charge on any atom is -0.460 e. The van der Waals surface area contributed by atoms with E-state index in [1.807, 2.05) is 30.3 Å². The zero-order valence-electron chi connectivity index (χ0n) is 29.0. The molecule has 50 heavy (non-hydrogen) atoms. The average Bonchev–Trinajstić information content (AvgIpc) is 3.14. The molecule has 0 bridgehead atoms. The van der Waals surface area contributed by atoms with E-state index < -0.39 is 5.79 Å². The molecule has 1 saturated carbocycles. The van der Waals surface area contributed by atoms with Crippen LogP contribution in [-0.4, -0.2) is 60.1 Å². The van der Waals surface area contributed by atoms with Crippen LogP contribution in [0, 0.1) is 17.8 Å². The molecule has 6 atom stereocenters. The first kappa shape index (κ1) is 36.6. The smallest absolute Gasteiger partial charge is 0.231 e. The summed E-state index contributed by atoms with van der Waals surface area (Å²) >= 11 is 3.46. The van der Waals surface area contributed by atoms with E-state index in [9.17, 15) is 10.2 Å². The van der Waals surface area contributed by atoms with Gasteiger partial charge in [0.25, 0.3) is 0 Å². The van der Waals surface area contributed by atoms with E-state index in [2.05, 4.69) is 66.5 Å². The molecule has 0 aromatic heterocycles. The average molecular weight is 716 g/mol. The highest BCUT2D eigenvalue weighted by molar-refractivity contribution is 8.00. The number of aliphatic hydroxyl groups excluding tert-OH is 2. The molecular weight excluding hydrogens is 667 g/mol. The molecule has 3 aliphatic rings. The minimum absolute atomic E-state index is 0.00466. The van der Waals surface area contributed by atoms with Crippen LogP contribution in [0.3, 0.4) is 0 Å². The Morgan fingerprint density at radius 3 is 2.38 bits per heavy atom. The third-order valence-electron chi connectivity index (χ3n) is 10.1. The molecule has 0 saturated heterocycles. The third kappa shape index (κ3) is 7.82. The second-order valence-corrected chi connectivity index (χ2v) is 15.3. The van der Waals surface area contributed by atoms with Crippen molar-refractivity contribution in [2.24, 2.45) is 22.9 Å². The highest BCUT2D eigenvalue weighted by Crippen LogP contribution is 2.63. The van der Waals surface area contributed by atoms with E-state index in [0.29, 0.717) is 13.0 Å². The molecule has 7 nitrogen and oxygen atoms in total. The van der Waals surface area contributed by atoms with Gasteiger partial charge in [-0.15, -0.1) is 30.1 Å². The second-order valence-electron chi connectivity index (χ2n) is 13.1. The van der Waals surface area contributed by atoms with Gasteiger partial charge in [0.15, 0.2) is 0 Å². The van der Waals surface area contributed by atoms with Gasteiger partial charge in [0.1, 0.15) is 24.4 Å². The van der Waals surface area contributed by atoms with Crippen molar-refractivity contribution in [3.8, 4) is 17.2 Å². The van der Waals surface area contributed by atoms with Gasteiger partial charge in [0.05, 0.1) is 23.5 Å². The van der Waals surface area contributed by atoms with Gasteiger partial charge in [-0.1, -0.05) is 48.3 Å². The summed E-state index contributed by atoms with van der Waals surface area (Å²) in [5.74, 6) is 1.57. The van der Waals surface area contributed by atoms with Gasteiger partial charge in [0.2, 0.25) is 5.79 Å². The number of nitrogens with zero attached hydrogens (tertiary/aromatic N) is 1. The molecular formula is C41H49NO6S2. The van der Waals surface area contributed by atoms with Crippen molar-refractivity contribution >= 4 is 29.2 Å². The number of rotatable bonds is 17. The lowest BCUT2D eigenvalue weighted by molar-refractivity contribution is -0.223. The number of aliphatic hydroxyl groups is 2. The molecule has 3 aromatic rings. The first-order chi connectivity index (χ1) is 24.5. The summed E-state index contributed by atoms with van der Waals surface area (Å²) < 4.78 is 20.7. The van der Waals surface area contributed by atoms with Crippen LogP contribution in [0.2, 0.25) is 0 Å². The van der Waals surface area contributed by atoms with Gasteiger partial charge in [-0.05, 0) is 104 Å². The molecule has 1 fully saturated rings. The highest BCUT2D eigenvalue weighted by atomic mass is 32.2. The Labute approximate surface area is 305 Å². The number of benzene rings is 3. The monoisotopic (exact) mass is 715 g/mol. The van der Waals surface area contributed by atoms with Gasteiger partial charge in [0, 0.05) is 40.9 Å². The summed E-state index contributed by atoms with van der Waals surface area (Å²) in [5.41, 5.74) is 3.13. The lowest BCUT2D eigenvalue weighted by Crippen LogP contribution is -2.64. The van der Waals surface area contributed by atoms with Crippen LogP contribution >= 0.6 is 23.5 Å². The summed E-state index contributed by atoms with van der Waals surface area (Å²) in [6.07, 6.45) is 12.1. The van der Waals surface area contributed by atoms with Crippen LogP contribution in [0.15, 0.2) is 112 Å². The van der Waals surface area contributed by atoms with Gasteiger partial charge >= 0.3 is 0 Å². The van der Waals surface area contributed by atoms with Gasteiger partial charge in [-0.3, -0.25) is 0 Å². The lowest BCUT2D eigenvalue weighted by Gasteiger charge is -2.58. The minimum atomic E-state index is -1.02. The molecule has 2 aliphatic carbocycles. The summed E-state index contributed by atoms with van der Waals surface area (Å²) in [6, 6.07) is 24.8. The Bertz CT molecular complexity index is 1630. The maximum absolute atomic E-state index is 9.83. The molecule has 0 radical (unpaired) electrons. The number of oxime groups is 1. The van der Waals surface area contributed by atoms with E-state index in [0.717, 1.165) is 77.5 Å². The fraction of sp³-hybridized carbons (Fsp3) is 0.439. The van der Waals surface area contributed by atoms with Crippen molar-refractivity contribution in [1.82, 2.24) is 0 Å². The van der Waals surface area contributed by atoms with Crippen molar-refractivity contribution in [1.29, 1.82) is 0 Å². The van der Waals surface area contributed by atoms with Crippen molar-refractivity contribution in [2.75, 3.05) is 33.2 Å². The third-order valence-corrected chi connectivity index (χ3v) is 12.2. The maximum atomic E-state index is 9.83. The molecule has 0 spiro atoms. The molecule has 2 N–H and O–H groups in total. The maximum Gasteiger partial charge on any atom is 0.231 e. The first-order valence-electron chi connectivity index (χ1n) is 17.7. The number of unbranched alkanes of at least 4 members (excludes halogenated alkanes) is 2. The van der Waals surface area contributed by atoms with Gasteiger partial charge in [-0.25, -0.2) is 0 Å². The predicted molar refractivity (Wildman–Crippen MR) is 203 cm³/mol. The summed E-state index contributed by atoms with van der Waals surface area (Å²) in [6.45, 7) is 4.69. The van der Waals surface area contributed by atoms with Crippen molar-refractivity contribution in [2.45, 2.75) is 71.7 Å². The molecule has 6 rings (SSSR count). The number of hydrogen-bond donors (Lipinski definition) is 2. The summed E-state index contributed by atoms with van der Waals surface area (Å²) in [5, 5.41) is 24.1. The fourth-order valence-corrected chi connectivity index (χ4v) is 9.76. The molecule has 3 aromatic carbocycles. The first-order valence-corrected chi connectivity index (χ1v) is 19.8. The number of hydrogen-bond acceptors (Lipinski definition) is 9. The molecule has 1 heterocycles. The topological polar surface area (TPSA) is 89.7 Å². The van der Waals surface area contributed by atoms with E-state index in [1.54, 1.807) is 36.7 Å². The number of allylic oxidation sites excluding steroid dienone is 1. The fourth-order valence-electron chi connectivity index (χ4n) is 8.04. The van der Waals surface area contributed by atoms with Crippen LogP contribution in [0.4, 0.5) is 0 Å². The Morgan fingerprint density at radius 2 is 1.68 bits per heavy atom. The normalized spacial score (nSPS) is 26.0. The zero-order valence-corrected chi connectivity index (χ0v) is 30.7. The van der Waals surface area contributed by atoms with E-state index >= 15 is 0 Å². The number of thioether (sulfide) groups is 2. The van der Waals surface area contributed by atoms with Crippen LogP contribution in [-0.2, 0) is 9.57 Å². The molecule has 0 amide bonds. The van der Waals surface area contributed by atoms with Crippen LogP contribution in [0.25, 0.3) is 0 Å². The van der Waals surface area contributed by atoms with E-state index in [1.165, 1.54) is 4.90 Å². The van der Waals surface area contributed by atoms with Crippen LogP contribution in [0.1, 0.15) is 56.4 Å². The zero-order chi connectivity index (χ0) is 34.9. The quantitative estimate of drug-likeness (QED) is 0.0619. The largest absolute Gasteiger partial charge is 0.460 e. The van der Waals surface area contributed by atoms with Crippen LogP contribution in [0.5, 0.6) is 17.2 Å². The Kier molecular flexibility index (Phi) is 12.7. The molecule has 266 valence electrons. The summed E-state index contributed by atoms with van der Waals surface area (Å²) in [4.78, 5) is 7.84. The number of fused-ring (bicyclic) bond motifs is 2. The standard InChI is InChI=1S/C41H49NO6S2/c1-4-24-46-41-38(50-32-13-6-5-7-14-32)27-36(42-45-2)34-25-28(12-8-10-22-43)33(15-9-11-23-44)39(40(34)41)35-26-30(18-21-37(35)48-41)47-29-16-19-31(49-3)20-17-29/h4-7,13-14,16-21,25-26,28,33,38-40,43-44H,1,8-12,15,22-24,27H2,2-3H3. The Hall–Kier alpha value is -3.21. The summed E-state index contributed by atoms with van der Waals surface area (Å²) in [7, 11) is 1.61. The highest BCUT2D eigenvalue weighted by Gasteiger charge is 2.64. The SMILES string of the molecule is C=CCOC12Oc3ccc(Oc4ccc(SC)cc4)cc3C3C(CCCCO)C(CCCCO)C=C(C(=NOC)CC1Sc1ccccc1)C32. The molecule has 1 aliphatic heterocycles. The Balaban J connectivity index is 1.53. The van der Waals surface area contributed by atoms with E-state index in [4.69, 9.17) is 19.0 Å². The second kappa shape index (κ2) is 17.3. The van der Waals surface area contributed by atoms with E-state index in [-0.39, 0.29) is 42.1 Å². The number of ether oxygens (including phenoxy) is 3. The predicted octanol–water partition coefficient (Wildman–Crippen LogP) is 9.26. The van der Waals surface area contributed by atoms with Crippen LogP contribution < -0.4 is 9.47 Å². The molecule has 9 heteroatoms. The molecule has 6 unspecified atom stereocenters. The van der Waals surface area contributed by atoms with Crippen molar-refractivity contribution < 1.29 is 29.3 Å². The Morgan fingerprint density at radius 1 is 0.940 bits per heavy atom.